The Morgan fingerprint density at radius 2 is 1.94 bits per heavy atom. The van der Waals surface area contributed by atoms with Crippen molar-refractivity contribution in [2.75, 3.05) is 0 Å². The zero-order valence-corrected chi connectivity index (χ0v) is 9.78. The van der Waals surface area contributed by atoms with Crippen LogP contribution in [0.25, 0.3) is 0 Å². The highest BCUT2D eigenvalue weighted by Gasteiger charge is 2.16. The van der Waals surface area contributed by atoms with E-state index < -0.39 is 5.88 Å². The normalized spacial score (nSPS) is 11.8. The summed E-state index contributed by atoms with van der Waals surface area (Å²) in [5, 5.41) is 31.2. The first kappa shape index (κ1) is 12.7. The van der Waals surface area contributed by atoms with Gasteiger partial charge in [-0.25, -0.2) is 4.98 Å². The fourth-order valence-corrected chi connectivity index (χ4v) is 1.25. The molecule has 0 aromatic carbocycles. The predicted molar refractivity (Wildman–Crippen MR) is 60.1 cm³/mol. The number of aliphatic hydroxyl groups excluding tert-OH is 1. The number of aromatic nitrogens is 1. The summed E-state index contributed by atoms with van der Waals surface area (Å²) in [5.74, 6) is -0.689. The Bertz CT molecular complexity index is 372. The van der Waals surface area contributed by atoms with Crippen molar-refractivity contribution in [2.45, 2.75) is 39.5 Å². The van der Waals surface area contributed by atoms with Gasteiger partial charge in [-0.3, -0.25) is 0 Å². The molecular weight excluding hydrogens is 208 g/mol. The van der Waals surface area contributed by atoms with Crippen molar-refractivity contribution < 1.29 is 15.3 Å². The number of hydrogen-bond acceptors (Lipinski definition) is 5. The molecule has 0 saturated carbocycles. The van der Waals surface area contributed by atoms with Crippen LogP contribution in [0.1, 0.15) is 31.9 Å². The zero-order chi connectivity index (χ0) is 12.3. The van der Waals surface area contributed by atoms with E-state index in [1.165, 1.54) is 6.20 Å². The summed E-state index contributed by atoms with van der Waals surface area (Å²) in [6, 6.07) is 0. The van der Waals surface area contributed by atoms with E-state index in [-0.39, 0.29) is 17.9 Å². The molecule has 0 unspecified atom stereocenters. The van der Waals surface area contributed by atoms with Crippen molar-refractivity contribution in [1.29, 1.82) is 0 Å². The van der Waals surface area contributed by atoms with Gasteiger partial charge in [0.2, 0.25) is 0 Å². The number of aromatic hydroxyl groups is 2. The van der Waals surface area contributed by atoms with Crippen molar-refractivity contribution in [3.63, 3.8) is 0 Å². The van der Waals surface area contributed by atoms with Crippen molar-refractivity contribution >= 4 is 0 Å². The molecule has 1 heterocycles. The average Bonchev–Trinajstić information content (AvgIpc) is 2.19. The smallest absolute Gasteiger partial charge is 0.254 e. The van der Waals surface area contributed by atoms with Gasteiger partial charge in [0.25, 0.3) is 5.88 Å². The third-order valence-electron chi connectivity index (χ3n) is 2.19. The van der Waals surface area contributed by atoms with Gasteiger partial charge in [-0.2, -0.15) is 0 Å². The fourth-order valence-electron chi connectivity index (χ4n) is 1.25. The Morgan fingerprint density at radius 3 is 2.44 bits per heavy atom. The molecule has 0 fully saturated rings. The van der Waals surface area contributed by atoms with E-state index in [1.807, 2.05) is 20.8 Å². The molecule has 0 amide bonds. The van der Waals surface area contributed by atoms with Crippen LogP contribution in [0, 0.1) is 0 Å². The second kappa shape index (κ2) is 4.67. The molecule has 0 aliphatic rings. The van der Waals surface area contributed by atoms with E-state index in [1.54, 1.807) is 0 Å². The number of nitrogens with zero attached hydrogens (tertiary/aromatic N) is 1. The molecule has 0 bridgehead atoms. The monoisotopic (exact) mass is 226 g/mol. The molecule has 1 aromatic heterocycles. The van der Waals surface area contributed by atoms with Gasteiger partial charge in [0.05, 0.1) is 6.61 Å². The average molecular weight is 226 g/mol. The lowest BCUT2D eigenvalue weighted by Crippen LogP contribution is -2.35. The summed E-state index contributed by atoms with van der Waals surface area (Å²) in [4.78, 5) is 3.57. The lowest BCUT2D eigenvalue weighted by molar-refractivity contribution is 0.276. The molecule has 0 aliphatic heterocycles. The minimum Gasteiger partial charge on any atom is -0.503 e. The first-order valence-electron chi connectivity index (χ1n) is 5.09. The minimum atomic E-state index is -0.414. The van der Waals surface area contributed by atoms with Gasteiger partial charge in [-0.1, -0.05) is 0 Å². The summed E-state index contributed by atoms with van der Waals surface area (Å²) in [6.45, 7) is 6.11. The molecule has 0 atom stereocenters. The van der Waals surface area contributed by atoms with Crippen LogP contribution >= 0.6 is 0 Å². The number of pyridine rings is 1. The first-order valence-corrected chi connectivity index (χ1v) is 5.09. The topological polar surface area (TPSA) is 85.6 Å². The molecule has 1 rings (SSSR count). The molecule has 1 aromatic rings. The molecule has 90 valence electrons. The van der Waals surface area contributed by atoms with Crippen LogP contribution in [-0.2, 0) is 13.2 Å². The highest BCUT2D eigenvalue weighted by molar-refractivity contribution is 5.43. The van der Waals surface area contributed by atoms with E-state index in [0.29, 0.717) is 17.7 Å². The molecule has 0 saturated heterocycles. The largest absolute Gasteiger partial charge is 0.503 e. The van der Waals surface area contributed by atoms with E-state index in [4.69, 9.17) is 5.11 Å². The highest BCUT2D eigenvalue weighted by Crippen LogP contribution is 2.29. The highest BCUT2D eigenvalue weighted by atomic mass is 16.3. The van der Waals surface area contributed by atoms with Crippen LogP contribution < -0.4 is 5.32 Å². The second-order valence-electron chi connectivity index (χ2n) is 4.70. The lowest BCUT2D eigenvalue weighted by atomic mass is 10.1. The Hall–Kier alpha value is -1.33. The SMILES string of the molecule is CC(C)(C)NCc1c(CO)cnc(O)c1O. The van der Waals surface area contributed by atoms with Crippen LogP contribution in [0.3, 0.4) is 0 Å². The standard InChI is InChI=1S/C11H18N2O3/c1-11(2,3)13-5-8-7(6-14)4-12-10(16)9(8)15/h4,13-15H,5-6H2,1-3H3,(H,12,16). The number of nitrogens with one attached hydrogen (secondary N) is 1. The quantitative estimate of drug-likeness (QED) is 0.614. The van der Waals surface area contributed by atoms with Crippen molar-refractivity contribution in [3.05, 3.63) is 17.3 Å². The van der Waals surface area contributed by atoms with Gasteiger partial charge >= 0.3 is 0 Å². The molecule has 0 aliphatic carbocycles. The Balaban J connectivity index is 2.97. The van der Waals surface area contributed by atoms with Gasteiger partial charge in [0, 0.05) is 29.4 Å². The maximum atomic E-state index is 9.64. The number of hydrogen-bond donors (Lipinski definition) is 4. The van der Waals surface area contributed by atoms with E-state index in [9.17, 15) is 10.2 Å². The fraction of sp³-hybridized carbons (Fsp3) is 0.545. The third-order valence-corrected chi connectivity index (χ3v) is 2.19. The Kier molecular flexibility index (Phi) is 3.72. The molecule has 4 N–H and O–H groups in total. The minimum absolute atomic E-state index is 0.113. The lowest BCUT2D eigenvalue weighted by Gasteiger charge is -2.21. The summed E-state index contributed by atoms with van der Waals surface area (Å²) in [6.07, 6.45) is 1.36. The first-order chi connectivity index (χ1) is 7.35. The van der Waals surface area contributed by atoms with Crippen LogP contribution in [0.5, 0.6) is 11.6 Å². The van der Waals surface area contributed by atoms with Gasteiger partial charge in [-0.15, -0.1) is 0 Å². The van der Waals surface area contributed by atoms with Crippen LogP contribution in [0.2, 0.25) is 0 Å². The van der Waals surface area contributed by atoms with E-state index in [2.05, 4.69) is 10.3 Å². The molecule has 5 heteroatoms. The third kappa shape index (κ3) is 3.08. The second-order valence-corrected chi connectivity index (χ2v) is 4.70. The summed E-state index contributed by atoms with van der Waals surface area (Å²) >= 11 is 0. The van der Waals surface area contributed by atoms with Crippen molar-refractivity contribution in [3.8, 4) is 11.6 Å². The Labute approximate surface area is 94.8 Å². The number of rotatable bonds is 3. The summed E-state index contributed by atoms with van der Waals surface area (Å²) < 4.78 is 0. The van der Waals surface area contributed by atoms with Gasteiger partial charge in [0.1, 0.15) is 0 Å². The van der Waals surface area contributed by atoms with Gasteiger partial charge in [0.15, 0.2) is 5.75 Å². The molecular formula is C11H18N2O3. The number of aliphatic hydroxyl groups is 1. The Morgan fingerprint density at radius 1 is 1.31 bits per heavy atom. The van der Waals surface area contributed by atoms with E-state index in [0.717, 1.165) is 0 Å². The molecule has 0 radical (unpaired) electrons. The van der Waals surface area contributed by atoms with Gasteiger partial charge in [-0.05, 0) is 20.8 Å². The van der Waals surface area contributed by atoms with E-state index >= 15 is 0 Å². The van der Waals surface area contributed by atoms with Crippen LogP contribution in [0.4, 0.5) is 0 Å². The van der Waals surface area contributed by atoms with Crippen LogP contribution in [0.15, 0.2) is 6.20 Å². The van der Waals surface area contributed by atoms with Gasteiger partial charge < -0.3 is 20.6 Å². The molecule has 0 spiro atoms. The zero-order valence-electron chi connectivity index (χ0n) is 9.78. The van der Waals surface area contributed by atoms with Crippen molar-refractivity contribution in [2.24, 2.45) is 0 Å². The predicted octanol–water partition coefficient (Wildman–Crippen LogP) is 0.873. The maximum Gasteiger partial charge on any atom is 0.254 e. The molecule has 5 nitrogen and oxygen atoms in total. The summed E-state index contributed by atoms with van der Waals surface area (Å²) in [5.41, 5.74) is 0.870. The molecule has 16 heavy (non-hydrogen) atoms. The summed E-state index contributed by atoms with van der Waals surface area (Å²) in [7, 11) is 0. The maximum absolute atomic E-state index is 9.64. The van der Waals surface area contributed by atoms with Crippen molar-refractivity contribution in [1.82, 2.24) is 10.3 Å². The van der Waals surface area contributed by atoms with Crippen LogP contribution in [-0.4, -0.2) is 25.8 Å².